The first-order valence-electron chi connectivity index (χ1n) is 5.84. The Kier molecular flexibility index (Phi) is 1.88. The zero-order valence-electron chi connectivity index (χ0n) is 9.51. The van der Waals surface area contributed by atoms with Gasteiger partial charge in [-0.25, -0.2) is 0 Å². The van der Waals surface area contributed by atoms with Crippen molar-refractivity contribution in [2.75, 3.05) is 0 Å². The summed E-state index contributed by atoms with van der Waals surface area (Å²) in [6, 6.07) is 6.83. The maximum atomic E-state index is 2.39. The smallest absolute Gasteiger partial charge is 0.0482 e. The van der Waals surface area contributed by atoms with E-state index in [0.29, 0.717) is 0 Å². The van der Waals surface area contributed by atoms with Gasteiger partial charge in [0, 0.05) is 23.6 Å². The molecule has 0 radical (unpaired) electrons. The van der Waals surface area contributed by atoms with Crippen molar-refractivity contribution in [1.29, 1.82) is 0 Å². The second-order valence-electron chi connectivity index (χ2n) is 4.71. The third kappa shape index (κ3) is 1.22. The normalized spacial score (nSPS) is 15.6. The maximum absolute atomic E-state index is 2.39. The minimum absolute atomic E-state index is 1.26. The molecule has 0 unspecified atom stereocenters. The number of hydrogen-bond acceptors (Lipinski definition) is 0. The van der Waals surface area contributed by atoms with Crippen molar-refractivity contribution in [3.63, 3.8) is 0 Å². The minimum Gasteiger partial charge on any atom is -0.347 e. The second kappa shape index (κ2) is 3.13. The summed E-state index contributed by atoms with van der Waals surface area (Å²) in [4.78, 5) is 0. The van der Waals surface area contributed by atoms with Crippen LogP contribution < -0.4 is 0 Å². The lowest BCUT2D eigenvalue weighted by Crippen LogP contribution is -2.04. The lowest BCUT2D eigenvalue weighted by Gasteiger charge is -2.12. The zero-order valence-corrected chi connectivity index (χ0v) is 9.51. The standard InChI is InChI=1S/C14H17N/c1-10-7-8-14-12(9-10)11-5-3-4-6-13(11)15(14)2/h7-9H,3-6H2,1-2H3. The first-order valence-corrected chi connectivity index (χ1v) is 5.84. The van der Waals surface area contributed by atoms with E-state index in [2.05, 4.69) is 36.7 Å². The first-order chi connectivity index (χ1) is 7.27. The number of benzene rings is 1. The highest BCUT2D eigenvalue weighted by Gasteiger charge is 2.17. The van der Waals surface area contributed by atoms with Crippen LogP contribution in [0, 0.1) is 6.92 Å². The highest BCUT2D eigenvalue weighted by atomic mass is 14.9. The van der Waals surface area contributed by atoms with E-state index in [1.165, 1.54) is 42.1 Å². The quantitative estimate of drug-likeness (QED) is 0.613. The Morgan fingerprint density at radius 1 is 1.13 bits per heavy atom. The van der Waals surface area contributed by atoms with E-state index in [0.717, 1.165) is 0 Å². The highest BCUT2D eigenvalue weighted by molar-refractivity contribution is 5.86. The number of fused-ring (bicyclic) bond motifs is 3. The van der Waals surface area contributed by atoms with Crippen LogP contribution in [0.4, 0.5) is 0 Å². The van der Waals surface area contributed by atoms with Crippen LogP contribution >= 0.6 is 0 Å². The average Bonchev–Trinajstić information content (AvgIpc) is 2.54. The molecule has 0 aliphatic heterocycles. The molecule has 0 bridgehead atoms. The van der Waals surface area contributed by atoms with E-state index in [-0.39, 0.29) is 0 Å². The topological polar surface area (TPSA) is 4.93 Å². The first kappa shape index (κ1) is 9.02. The molecule has 0 amide bonds. The summed E-state index contributed by atoms with van der Waals surface area (Å²) in [6.07, 6.45) is 5.26. The van der Waals surface area contributed by atoms with Crippen LogP contribution in [0.15, 0.2) is 18.2 Å². The summed E-state index contributed by atoms with van der Waals surface area (Å²) in [7, 11) is 2.21. The molecule has 1 heterocycles. The zero-order chi connectivity index (χ0) is 10.4. The fraction of sp³-hybridized carbons (Fsp3) is 0.429. The number of hydrogen-bond donors (Lipinski definition) is 0. The van der Waals surface area contributed by atoms with Crippen molar-refractivity contribution in [2.45, 2.75) is 32.6 Å². The van der Waals surface area contributed by atoms with Crippen molar-refractivity contribution < 1.29 is 0 Å². The van der Waals surface area contributed by atoms with Crippen molar-refractivity contribution in [3.8, 4) is 0 Å². The van der Waals surface area contributed by atoms with Gasteiger partial charge in [-0.3, -0.25) is 0 Å². The molecule has 1 aliphatic carbocycles. The summed E-state index contributed by atoms with van der Waals surface area (Å²) in [5.41, 5.74) is 5.97. The van der Waals surface area contributed by atoms with Crippen LogP contribution in [0.25, 0.3) is 10.9 Å². The van der Waals surface area contributed by atoms with Crippen molar-refractivity contribution in [3.05, 3.63) is 35.0 Å². The Balaban J connectivity index is 2.39. The summed E-state index contributed by atoms with van der Waals surface area (Å²) in [6.45, 7) is 2.18. The Morgan fingerprint density at radius 3 is 2.80 bits per heavy atom. The van der Waals surface area contributed by atoms with E-state index >= 15 is 0 Å². The van der Waals surface area contributed by atoms with Gasteiger partial charge in [0.15, 0.2) is 0 Å². The molecule has 0 saturated heterocycles. The molecule has 1 aromatic heterocycles. The Morgan fingerprint density at radius 2 is 1.93 bits per heavy atom. The maximum Gasteiger partial charge on any atom is 0.0482 e. The molecule has 15 heavy (non-hydrogen) atoms. The molecular formula is C14H17N. The Bertz CT molecular complexity index is 520. The van der Waals surface area contributed by atoms with E-state index in [9.17, 15) is 0 Å². The van der Waals surface area contributed by atoms with Crippen molar-refractivity contribution in [2.24, 2.45) is 7.05 Å². The molecule has 2 aromatic rings. The lowest BCUT2D eigenvalue weighted by atomic mass is 9.95. The third-order valence-corrected chi connectivity index (χ3v) is 3.68. The molecule has 1 aliphatic rings. The Hall–Kier alpha value is -1.24. The lowest BCUT2D eigenvalue weighted by molar-refractivity contribution is 0.653. The molecule has 0 saturated carbocycles. The average molecular weight is 199 g/mol. The summed E-state index contributed by atoms with van der Waals surface area (Å²) < 4.78 is 2.39. The van der Waals surface area contributed by atoms with E-state index < -0.39 is 0 Å². The Labute approximate surface area is 90.7 Å². The van der Waals surface area contributed by atoms with Gasteiger partial charge in [0.1, 0.15) is 0 Å². The van der Waals surface area contributed by atoms with Crippen LogP contribution in [-0.4, -0.2) is 4.57 Å². The second-order valence-corrected chi connectivity index (χ2v) is 4.71. The van der Waals surface area contributed by atoms with Gasteiger partial charge in [0.25, 0.3) is 0 Å². The van der Waals surface area contributed by atoms with E-state index in [1.54, 1.807) is 11.3 Å². The van der Waals surface area contributed by atoms with Crippen LogP contribution in [0.3, 0.4) is 0 Å². The summed E-state index contributed by atoms with van der Waals surface area (Å²) in [5.74, 6) is 0. The molecule has 0 spiro atoms. The number of rotatable bonds is 0. The molecule has 1 nitrogen and oxygen atoms in total. The van der Waals surface area contributed by atoms with Gasteiger partial charge < -0.3 is 4.57 Å². The predicted octanol–water partition coefficient (Wildman–Crippen LogP) is 3.37. The van der Waals surface area contributed by atoms with Crippen LogP contribution in [0.1, 0.15) is 29.7 Å². The van der Waals surface area contributed by atoms with Crippen LogP contribution in [-0.2, 0) is 19.9 Å². The van der Waals surface area contributed by atoms with Gasteiger partial charge in [-0.2, -0.15) is 0 Å². The SMILES string of the molecule is Cc1ccc2c(c1)c1c(n2C)CCCC1. The largest absolute Gasteiger partial charge is 0.347 e. The molecule has 1 aromatic carbocycles. The molecule has 0 atom stereocenters. The molecule has 3 rings (SSSR count). The van der Waals surface area contributed by atoms with Gasteiger partial charge in [-0.15, -0.1) is 0 Å². The number of aryl methyl sites for hydroxylation is 3. The number of aromatic nitrogens is 1. The van der Waals surface area contributed by atoms with Crippen molar-refractivity contribution >= 4 is 10.9 Å². The van der Waals surface area contributed by atoms with Gasteiger partial charge in [0.05, 0.1) is 0 Å². The monoisotopic (exact) mass is 199 g/mol. The minimum atomic E-state index is 1.26. The summed E-state index contributed by atoms with van der Waals surface area (Å²) in [5, 5.41) is 1.49. The van der Waals surface area contributed by atoms with Gasteiger partial charge in [0.2, 0.25) is 0 Å². The van der Waals surface area contributed by atoms with Crippen LogP contribution in [0.2, 0.25) is 0 Å². The van der Waals surface area contributed by atoms with E-state index in [1.807, 2.05) is 0 Å². The fourth-order valence-corrected chi connectivity index (χ4v) is 2.88. The third-order valence-electron chi connectivity index (χ3n) is 3.68. The highest BCUT2D eigenvalue weighted by Crippen LogP contribution is 2.31. The predicted molar refractivity (Wildman–Crippen MR) is 64.3 cm³/mol. The van der Waals surface area contributed by atoms with Gasteiger partial charge in [-0.1, -0.05) is 11.6 Å². The van der Waals surface area contributed by atoms with E-state index in [4.69, 9.17) is 0 Å². The fourth-order valence-electron chi connectivity index (χ4n) is 2.88. The number of nitrogens with zero attached hydrogens (tertiary/aromatic N) is 1. The molecular weight excluding hydrogens is 182 g/mol. The summed E-state index contributed by atoms with van der Waals surface area (Å²) >= 11 is 0. The molecule has 78 valence electrons. The molecule has 0 N–H and O–H groups in total. The molecule has 1 heteroatoms. The van der Waals surface area contributed by atoms with Gasteiger partial charge >= 0.3 is 0 Å². The molecule has 0 fully saturated rings. The van der Waals surface area contributed by atoms with Crippen LogP contribution in [0.5, 0.6) is 0 Å². The van der Waals surface area contributed by atoms with Crippen molar-refractivity contribution in [1.82, 2.24) is 4.57 Å². The van der Waals surface area contributed by atoms with Gasteiger partial charge in [-0.05, 0) is 50.3 Å².